The van der Waals surface area contributed by atoms with Gasteiger partial charge < -0.3 is 10.2 Å². The molecule has 2 atom stereocenters. The quantitative estimate of drug-likeness (QED) is 0.537. The molecule has 0 aromatic carbocycles. The largest absolute Gasteiger partial charge is 0.349 e. The highest BCUT2D eigenvalue weighted by molar-refractivity contribution is 5.79. The van der Waals surface area contributed by atoms with Crippen molar-refractivity contribution >= 4 is 5.91 Å². The Morgan fingerprint density at radius 2 is 2.20 bits per heavy atom. The molecule has 2 unspecified atom stereocenters. The van der Waals surface area contributed by atoms with Gasteiger partial charge in [-0.3, -0.25) is 4.79 Å². The van der Waals surface area contributed by atoms with Crippen LogP contribution in [-0.2, 0) is 4.79 Å². The first-order chi connectivity index (χ1) is 4.63. The van der Waals surface area contributed by atoms with Crippen molar-refractivity contribution in [2.45, 2.75) is 13.0 Å². The Hall–Kier alpha value is -0.570. The zero-order valence-corrected chi connectivity index (χ0v) is 6.72. The fourth-order valence-electron chi connectivity index (χ4n) is 1.00. The summed E-state index contributed by atoms with van der Waals surface area (Å²) in [4.78, 5) is 12.9. The first-order valence-corrected chi connectivity index (χ1v) is 3.57. The second kappa shape index (κ2) is 2.58. The van der Waals surface area contributed by atoms with Gasteiger partial charge in [0.1, 0.15) is 0 Å². The highest BCUT2D eigenvalue weighted by Crippen LogP contribution is 2.12. The van der Waals surface area contributed by atoms with Crippen LogP contribution in [0.2, 0.25) is 0 Å². The number of carbonyl (C=O) groups excluding carboxylic acids is 1. The molecule has 0 saturated carbocycles. The van der Waals surface area contributed by atoms with Crippen LogP contribution < -0.4 is 5.32 Å². The van der Waals surface area contributed by atoms with Crippen molar-refractivity contribution in [3.8, 4) is 0 Å². The predicted molar refractivity (Wildman–Crippen MR) is 39.6 cm³/mol. The van der Waals surface area contributed by atoms with Crippen molar-refractivity contribution < 1.29 is 4.79 Å². The van der Waals surface area contributed by atoms with Gasteiger partial charge in [-0.2, -0.15) is 0 Å². The SMILES string of the molecule is CC(C(=O)N(C)C)C1CN1. The second-order valence-corrected chi connectivity index (χ2v) is 3.04. The first kappa shape index (κ1) is 7.54. The summed E-state index contributed by atoms with van der Waals surface area (Å²) in [7, 11) is 3.59. The van der Waals surface area contributed by atoms with Gasteiger partial charge in [-0.15, -0.1) is 0 Å². The zero-order chi connectivity index (χ0) is 7.72. The van der Waals surface area contributed by atoms with Crippen molar-refractivity contribution in [2.75, 3.05) is 20.6 Å². The summed E-state index contributed by atoms with van der Waals surface area (Å²) >= 11 is 0. The third kappa shape index (κ3) is 1.48. The number of hydrogen-bond donors (Lipinski definition) is 1. The van der Waals surface area contributed by atoms with E-state index in [2.05, 4.69) is 5.32 Å². The Labute approximate surface area is 61.4 Å². The fourth-order valence-corrected chi connectivity index (χ4v) is 1.00. The van der Waals surface area contributed by atoms with Gasteiger partial charge in [0.25, 0.3) is 0 Å². The molecule has 0 aromatic rings. The summed E-state index contributed by atoms with van der Waals surface area (Å²) in [6, 6.07) is 0.440. The number of rotatable bonds is 2. The lowest BCUT2D eigenvalue weighted by Gasteiger charge is -2.14. The van der Waals surface area contributed by atoms with E-state index in [9.17, 15) is 4.79 Å². The standard InChI is InChI=1S/C7H14N2O/c1-5(6-4-8-6)7(10)9(2)3/h5-6,8H,4H2,1-3H3. The van der Waals surface area contributed by atoms with Gasteiger partial charge in [0.05, 0.1) is 5.92 Å². The molecule has 0 aromatic heterocycles. The van der Waals surface area contributed by atoms with Crippen LogP contribution >= 0.6 is 0 Å². The highest BCUT2D eigenvalue weighted by Gasteiger charge is 2.32. The maximum atomic E-state index is 11.2. The molecule has 1 heterocycles. The van der Waals surface area contributed by atoms with Crippen LogP contribution in [0.25, 0.3) is 0 Å². The Kier molecular flexibility index (Phi) is 1.94. The van der Waals surface area contributed by atoms with E-state index >= 15 is 0 Å². The topological polar surface area (TPSA) is 42.2 Å². The van der Waals surface area contributed by atoms with Crippen LogP contribution in [0.5, 0.6) is 0 Å². The third-order valence-electron chi connectivity index (χ3n) is 1.87. The molecule has 3 heteroatoms. The molecule has 1 saturated heterocycles. The van der Waals surface area contributed by atoms with E-state index in [0.717, 1.165) is 6.54 Å². The second-order valence-electron chi connectivity index (χ2n) is 3.04. The average Bonchev–Trinajstić information content (AvgIpc) is 2.65. The Bertz CT molecular complexity index is 141. The van der Waals surface area contributed by atoms with E-state index in [4.69, 9.17) is 0 Å². The monoisotopic (exact) mass is 142 g/mol. The Balaban J connectivity index is 2.38. The summed E-state index contributed by atoms with van der Waals surface area (Å²) in [5.74, 6) is 0.366. The molecule has 1 aliphatic rings. The van der Waals surface area contributed by atoms with Gasteiger partial charge in [-0.1, -0.05) is 6.92 Å². The molecular weight excluding hydrogens is 128 g/mol. The average molecular weight is 142 g/mol. The summed E-state index contributed by atoms with van der Waals surface area (Å²) in [6.45, 7) is 2.97. The van der Waals surface area contributed by atoms with Crippen molar-refractivity contribution in [2.24, 2.45) is 5.92 Å². The van der Waals surface area contributed by atoms with Crippen molar-refractivity contribution in [3.05, 3.63) is 0 Å². The lowest BCUT2D eigenvalue weighted by molar-refractivity contribution is -0.132. The highest BCUT2D eigenvalue weighted by atomic mass is 16.2. The molecule has 10 heavy (non-hydrogen) atoms. The minimum atomic E-state index is 0.148. The maximum absolute atomic E-state index is 11.2. The fraction of sp³-hybridized carbons (Fsp3) is 0.857. The van der Waals surface area contributed by atoms with E-state index in [1.165, 1.54) is 0 Å². The van der Waals surface area contributed by atoms with E-state index in [-0.39, 0.29) is 11.8 Å². The number of nitrogens with zero attached hydrogens (tertiary/aromatic N) is 1. The van der Waals surface area contributed by atoms with Crippen molar-refractivity contribution in [1.82, 2.24) is 10.2 Å². The maximum Gasteiger partial charge on any atom is 0.226 e. The normalized spacial score (nSPS) is 25.7. The zero-order valence-electron chi connectivity index (χ0n) is 6.72. The number of nitrogens with one attached hydrogen (secondary N) is 1. The molecule has 1 amide bonds. The molecule has 1 N–H and O–H groups in total. The van der Waals surface area contributed by atoms with Gasteiger partial charge >= 0.3 is 0 Å². The van der Waals surface area contributed by atoms with Gasteiger partial charge in [0.2, 0.25) is 5.91 Å². The molecule has 3 nitrogen and oxygen atoms in total. The van der Waals surface area contributed by atoms with Crippen molar-refractivity contribution in [1.29, 1.82) is 0 Å². The number of amides is 1. The van der Waals surface area contributed by atoms with Crippen LogP contribution in [0.4, 0.5) is 0 Å². The van der Waals surface area contributed by atoms with Gasteiger partial charge in [-0.05, 0) is 0 Å². The minimum Gasteiger partial charge on any atom is -0.349 e. The summed E-state index contributed by atoms with van der Waals surface area (Å²) < 4.78 is 0. The molecule has 0 aliphatic carbocycles. The van der Waals surface area contributed by atoms with Crippen LogP contribution in [-0.4, -0.2) is 37.5 Å². The third-order valence-corrected chi connectivity index (χ3v) is 1.87. The minimum absolute atomic E-state index is 0.148. The summed E-state index contributed by atoms with van der Waals surface area (Å²) in [5.41, 5.74) is 0. The Morgan fingerprint density at radius 1 is 1.70 bits per heavy atom. The smallest absolute Gasteiger partial charge is 0.226 e. The van der Waals surface area contributed by atoms with Gasteiger partial charge in [0.15, 0.2) is 0 Å². The van der Waals surface area contributed by atoms with E-state index in [1.54, 1.807) is 19.0 Å². The molecule has 1 rings (SSSR count). The first-order valence-electron chi connectivity index (χ1n) is 3.57. The van der Waals surface area contributed by atoms with Crippen LogP contribution in [0.3, 0.4) is 0 Å². The molecule has 1 aliphatic heterocycles. The lowest BCUT2D eigenvalue weighted by Crippen LogP contribution is -2.31. The van der Waals surface area contributed by atoms with Crippen LogP contribution in [0.1, 0.15) is 6.92 Å². The summed E-state index contributed by atoms with van der Waals surface area (Å²) in [5, 5.41) is 3.12. The molecule has 0 radical (unpaired) electrons. The molecule has 58 valence electrons. The van der Waals surface area contributed by atoms with Crippen molar-refractivity contribution in [3.63, 3.8) is 0 Å². The van der Waals surface area contributed by atoms with E-state index < -0.39 is 0 Å². The van der Waals surface area contributed by atoms with E-state index in [0.29, 0.717) is 6.04 Å². The molecule has 0 spiro atoms. The van der Waals surface area contributed by atoms with Gasteiger partial charge in [-0.25, -0.2) is 0 Å². The van der Waals surface area contributed by atoms with Crippen LogP contribution in [0.15, 0.2) is 0 Å². The number of hydrogen-bond acceptors (Lipinski definition) is 2. The molecule has 0 bridgehead atoms. The number of carbonyl (C=O) groups is 1. The molecular formula is C7H14N2O. The summed E-state index contributed by atoms with van der Waals surface area (Å²) in [6.07, 6.45) is 0. The van der Waals surface area contributed by atoms with Gasteiger partial charge in [0, 0.05) is 26.7 Å². The Morgan fingerprint density at radius 3 is 2.50 bits per heavy atom. The molecule has 1 fully saturated rings. The van der Waals surface area contributed by atoms with E-state index in [1.807, 2.05) is 6.92 Å². The lowest BCUT2D eigenvalue weighted by atomic mass is 10.1. The predicted octanol–water partition coefficient (Wildman–Crippen LogP) is -0.317. The van der Waals surface area contributed by atoms with Crippen LogP contribution in [0, 0.1) is 5.92 Å².